The predicted octanol–water partition coefficient (Wildman–Crippen LogP) is 2.69. The summed E-state index contributed by atoms with van der Waals surface area (Å²) >= 11 is 0. The fourth-order valence-corrected chi connectivity index (χ4v) is 2.78. The first-order valence-corrected chi connectivity index (χ1v) is 5.55. The predicted molar refractivity (Wildman–Crippen MR) is 56.9 cm³/mol. The van der Waals surface area contributed by atoms with Crippen molar-refractivity contribution in [1.29, 1.82) is 0 Å². The fraction of sp³-hybridized carbons (Fsp3) is 1.00. The average Bonchev–Trinajstić information content (AvgIpc) is 1.85. The molecule has 0 aliphatic heterocycles. The zero-order valence-electron chi connectivity index (χ0n) is 9.09. The Labute approximate surface area is 78.5 Å². The van der Waals surface area contributed by atoms with Gasteiger partial charge in [0.15, 0.2) is 0 Å². The van der Waals surface area contributed by atoms with Crippen molar-refractivity contribution >= 4 is 8.81 Å². The van der Waals surface area contributed by atoms with Crippen molar-refractivity contribution in [2.45, 2.75) is 52.5 Å². The SMILES string of the molecule is COPC(C)N(C(C)C)C(C)C. The molecule has 0 spiro atoms. The number of hydrogen-bond donors (Lipinski definition) is 0. The second kappa shape index (κ2) is 5.90. The van der Waals surface area contributed by atoms with Gasteiger partial charge in [-0.25, -0.2) is 0 Å². The van der Waals surface area contributed by atoms with Gasteiger partial charge in [0.05, 0.1) is 0 Å². The van der Waals surface area contributed by atoms with Crippen molar-refractivity contribution in [1.82, 2.24) is 4.90 Å². The number of rotatable bonds is 5. The molecule has 0 saturated heterocycles. The molecule has 0 aromatic carbocycles. The molecule has 2 atom stereocenters. The van der Waals surface area contributed by atoms with E-state index in [4.69, 9.17) is 4.52 Å². The van der Waals surface area contributed by atoms with Gasteiger partial charge in [0.2, 0.25) is 0 Å². The summed E-state index contributed by atoms with van der Waals surface area (Å²) in [6.07, 6.45) is 0. The van der Waals surface area contributed by atoms with Gasteiger partial charge >= 0.3 is 0 Å². The summed E-state index contributed by atoms with van der Waals surface area (Å²) in [5, 5.41) is 0. The lowest BCUT2D eigenvalue weighted by Gasteiger charge is -2.35. The molecule has 2 unspecified atom stereocenters. The van der Waals surface area contributed by atoms with Crippen LogP contribution in [-0.2, 0) is 4.52 Å². The molecule has 0 radical (unpaired) electrons. The average molecular weight is 191 g/mol. The summed E-state index contributed by atoms with van der Waals surface area (Å²) in [4.78, 5) is 2.47. The van der Waals surface area contributed by atoms with Gasteiger partial charge in [0.1, 0.15) is 0 Å². The van der Waals surface area contributed by atoms with Gasteiger partial charge < -0.3 is 4.52 Å². The van der Waals surface area contributed by atoms with Crippen molar-refractivity contribution in [2.24, 2.45) is 0 Å². The van der Waals surface area contributed by atoms with Crippen molar-refractivity contribution in [2.75, 3.05) is 7.11 Å². The van der Waals surface area contributed by atoms with Gasteiger partial charge in [-0.15, -0.1) is 0 Å². The second-order valence-electron chi connectivity index (χ2n) is 3.63. The molecule has 0 aliphatic carbocycles. The molecule has 0 fully saturated rings. The minimum Gasteiger partial charge on any atom is -0.364 e. The fourth-order valence-electron chi connectivity index (χ4n) is 1.72. The zero-order valence-corrected chi connectivity index (χ0v) is 10.1. The standard InChI is InChI=1S/C9H22NOP/c1-7(2)10(8(3)4)9(5)12-11-6/h7-9,12H,1-6H3. The normalized spacial score (nSPS) is 15.8. The summed E-state index contributed by atoms with van der Waals surface area (Å²) in [6, 6.07) is 1.20. The van der Waals surface area contributed by atoms with E-state index < -0.39 is 0 Å². The Balaban J connectivity index is 4.09. The molecule has 0 aliphatic rings. The smallest absolute Gasteiger partial charge is 0.0491 e. The Kier molecular flexibility index (Phi) is 6.08. The first-order chi connectivity index (χ1) is 5.50. The highest BCUT2D eigenvalue weighted by Gasteiger charge is 2.19. The lowest BCUT2D eigenvalue weighted by Crippen LogP contribution is -2.41. The number of hydrogen-bond acceptors (Lipinski definition) is 2. The monoisotopic (exact) mass is 191 g/mol. The summed E-state index contributed by atoms with van der Waals surface area (Å²) in [5.74, 6) is 0.537. The maximum Gasteiger partial charge on any atom is 0.0491 e. The van der Waals surface area contributed by atoms with E-state index in [2.05, 4.69) is 39.5 Å². The molecular weight excluding hydrogens is 169 g/mol. The summed E-state index contributed by atoms with van der Waals surface area (Å²) in [5.41, 5.74) is 0. The van der Waals surface area contributed by atoms with E-state index in [1.165, 1.54) is 0 Å². The summed E-state index contributed by atoms with van der Waals surface area (Å²) in [6.45, 7) is 11.2. The highest BCUT2D eigenvalue weighted by Crippen LogP contribution is 2.25. The van der Waals surface area contributed by atoms with E-state index in [0.717, 1.165) is 0 Å². The third-order valence-electron chi connectivity index (χ3n) is 1.93. The van der Waals surface area contributed by atoms with E-state index >= 15 is 0 Å². The van der Waals surface area contributed by atoms with E-state index in [1.54, 1.807) is 7.11 Å². The van der Waals surface area contributed by atoms with Crippen molar-refractivity contribution < 1.29 is 4.52 Å². The second-order valence-corrected chi connectivity index (χ2v) is 5.11. The lowest BCUT2D eigenvalue weighted by molar-refractivity contribution is 0.161. The molecule has 0 aromatic rings. The van der Waals surface area contributed by atoms with Gasteiger partial charge in [-0.1, -0.05) is 0 Å². The largest absolute Gasteiger partial charge is 0.364 e. The van der Waals surface area contributed by atoms with Crippen LogP contribution >= 0.6 is 8.81 Å². The Morgan fingerprint density at radius 3 is 1.67 bits per heavy atom. The third kappa shape index (κ3) is 3.84. The minimum atomic E-state index is 0.537. The first-order valence-electron chi connectivity index (χ1n) is 4.56. The molecule has 0 saturated carbocycles. The molecule has 0 aromatic heterocycles. The summed E-state index contributed by atoms with van der Waals surface area (Å²) < 4.78 is 5.17. The van der Waals surface area contributed by atoms with Crippen LogP contribution < -0.4 is 0 Å². The zero-order chi connectivity index (χ0) is 9.72. The van der Waals surface area contributed by atoms with Gasteiger partial charge in [0.25, 0.3) is 0 Å². The van der Waals surface area contributed by atoms with Crippen molar-refractivity contribution in [3.63, 3.8) is 0 Å². The molecule has 3 heteroatoms. The lowest BCUT2D eigenvalue weighted by atomic mass is 10.2. The van der Waals surface area contributed by atoms with E-state index in [9.17, 15) is 0 Å². The van der Waals surface area contributed by atoms with Crippen LogP contribution in [-0.4, -0.2) is 29.9 Å². The Morgan fingerprint density at radius 2 is 1.42 bits per heavy atom. The number of nitrogens with zero attached hydrogens (tertiary/aromatic N) is 1. The minimum absolute atomic E-state index is 0.537. The van der Waals surface area contributed by atoms with Gasteiger partial charge in [-0.3, -0.25) is 4.90 Å². The van der Waals surface area contributed by atoms with Crippen LogP contribution in [0.2, 0.25) is 0 Å². The summed E-state index contributed by atoms with van der Waals surface area (Å²) in [7, 11) is 2.35. The highest BCUT2D eigenvalue weighted by atomic mass is 31.1. The Bertz CT molecular complexity index is 109. The third-order valence-corrected chi connectivity index (χ3v) is 2.80. The molecule has 0 heterocycles. The molecule has 0 amide bonds. The van der Waals surface area contributed by atoms with Gasteiger partial charge in [0, 0.05) is 33.8 Å². The van der Waals surface area contributed by atoms with Crippen LogP contribution in [0.3, 0.4) is 0 Å². The molecule has 2 nitrogen and oxygen atoms in total. The van der Waals surface area contributed by atoms with Crippen LogP contribution in [0.15, 0.2) is 0 Å². The van der Waals surface area contributed by atoms with E-state index in [-0.39, 0.29) is 0 Å². The van der Waals surface area contributed by atoms with Crippen LogP contribution in [0.5, 0.6) is 0 Å². The first kappa shape index (κ1) is 12.3. The Morgan fingerprint density at radius 1 is 1.00 bits per heavy atom. The molecule has 74 valence electrons. The van der Waals surface area contributed by atoms with Crippen molar-refractivity contribution in [3.8, 4) is 0 Å². The molecule has 0 bridgehead atoms. The highest BCUT2D eigenvalue weighted by molar-refractivity contribution is 7.33. The molecule has 0 rings (SSSR count). The van der Waals surface area contributed by atoms with Crippen LogP contribution in [0.1, 0.15) is 34.6 Å². The topological polar surface area (TPSA) is 12.5 Å². The maximum atomic E-state index is 5.17. The van der Waals surface area contributed by atoms with Gasteiger partial charge in [-0.05, 0) is 34.6 Å². The van der Waals surface area contributed by atoms with Crippen LogP contribution in [0, 0.1) is 0 Å². The maximum absolute atomic E-state index is 5.17. The van der Waals surface area contributed by atoms with Crippen LogP contribution in [0.4, 0.5) is 0 Å². The molecule has 12 heavy (non-hydrogen) atoms. The van der Waals surface area contributed by atoms with Gasteiger partial charge in [-0.2, -0.15) is 0 Å². The van der Waals surface area contributed by atoms with Crippen LogP contribution in [0.25, 0.3) is 0 Å². The Hall–Kier alpha value is 0.350. The molecule has 0 N–H and O–H groups in total. The quantitative estimate of drug-likeness (QED) is 0.619. The van der Waals surface area contributed by atoms with E-state index in [1.807, 2.05) is 0 Å². The molecular formula is C9H22NOP. The van der Waals surface area contributed by atoms with Crippen molar-refractivity contribution in [3.05, 3.63) is 0 Å². The van der Waals surface area contributed by atoms with E-state index in [0.29, 0.717) is 26.7 Å².